The number of para-hydroxylation sites is 1. The molecule has 3 unspecified atom stereocenters. The van der Waals surface area contributed by atoms with Crippen LogP contribution in [0.2, 0.25) is 0 Å². The second-order valence-electron chi connectivity index (χ2n) is 12.9. The van der Waals surface area contributed by atoms with Crippen molar-refractivity contribution in [3.63, 3.8) is 0 Å². The summed E-state index contributed by atoms with van der Waals surface area (Å²) in [5, 5.41) is 3.45. The van der Waals surface area contributed by atoms with Crippen molar-refractivity contribution in [3.8, 4) is 0 Å². The fraction of sp³-hybridized carbons (Fsp3) is 0.130. The molecule has 0 saturated heterocycles. The Bertz CT molecular complexity index is 2430. The molecule has 0 fully saturated rings. The van der Waals surface area contributed by atoms with Crippen molar-refractivity contribution in [2.45, 2.75) is 32.2 Å². The number of hydrogen-bond acceptors (Lipinski definition) is 3. The minimum Gasteiger partial charge on any atom is -0.456 e. The normalized spacial score (nSPS) is 20.5. The average molecular weight is 635 g/mol. The predicted molar refractivity (Wildman–Crippen MR) is 207 cm³/mol. The Morgan fingerprint density at radius 1 is 0.939 bits per heavy atom. The molecule has 0 radical (unpaired) electrons. The molecule has 3 atom stereocenters. The first kappa shape index (κ1) is 30.5. The minimum absolute atomic E-state index is 0.0373. The van der Waals surface area contributed by atoms with Crippen molar-refractivity contribution in [1.82, 2.24) is 4.98 Å². The molecule has 1 aliphatic heterocycles. The Hall–Kier alpha value is -5.80. The molecule has 0 saturated carbocycles. The first-order valence-corrected chi connectivity index (χ1v) is 17.0. The lowest BCUT2D eigenvalue weighted by Crippen LogP contribution is -2.26. The Balaban J connectivity index is 1.06. The van der Waals surface area contributed by atoms with E-state index >= 15 is 0 Å². The summed E-state index contributed by atoms with van der Waals surface area (Å²) in [5.41, 5.74) is 13.1. The summed E-state index contributed by atoms with van der Waals surface area (Å²) in [7, 11) is 0. The zero-order valence-corrected chi connectivity index (χ0v) is 27.9. The number of hydrogen-bond donors (Lipinski definition) is 0. The smallest absolute Gasteiger partial charge is 0.139 e. The van der Waals surface area contributed by atoms with E-state index in [4.69, 9.17) is 9.41 Å². The highest BCUT2D eigenvalue weighted by Gasteiger charge is 2.33. The Kier molecular flexibility index (Phi) is 7.89. The van der Waals surface area contributed by atoms with Crippen LogP contribution in [0.5, 0.6) is 0 Å². The van der Waals surface area contributed by atoms with Crippen LogP contribution in [-0.2, 0) is 0 Å². The molecule has 2 aliphatic carbocycles. The van der Waals surface area contributed by atoms with Gasteiger partial charge >= 0.3 is 0 Å². The van der Waals surface area contributed by atoms with Gasteiger partial charge in [0, 0.05) is 45.3 Å². The molecule has 3 aliphatic rings. The molecule has 0 bridgehead atoms. The van der Waals surface area contributed by atoms with Gasteiger partial charge in [-0.1, -0.05) is 129 Å². The highest BCUT2D eigenvalue weighted by Crippen LogP contribution is 2.43. The van der Waals surface area contributed by atoms with E-state index in [0.717, 1.165) is 84.0 Å². The van der Waals surface area contributed by atoms with Crippen LogP contribution in [-0.4, -0.2) is 16.7 Å². The maximum absolute atomic E-state index is 6.54. The molecule has 3 nitrogen and oxygen atoms in total. The molecule has 8 rings (SSSR count). The SMILES string of the molecule is C=C/C=C(C(/C=C\C(=C)C1C=CC(C2=NC3C=CC=CC3c3c2ccc2c3oc3ccccc32)=CC1)=C/C)\c1ccc2cccnc2c1C. The monoisotopic (exact) mass is 634 g/mol. The first-order chi connectivity index (χ1) is 24.1. The third-order valence-electron chi connectivity index (χ3n) is 10.1. The van der Waals surface area contributed by atoms with Gasteiger partial charge in [0.2, 0.25) is 0 Å². The van der Waals surface area contributed by atoms with Gasteiger partial charge in [0.05, 0.1) is 17.3 Å². The van der Waals surface area contributed by atoms with Crippen LogP contribution >= 0.6 is 0 Å². The van der Waals surface area contributed by atoms with Gasteiger partial charge in [-0.25, -0.2) is 0 Å². The van der Waals surface area contributed by atoms with E-state index in [0.29, 0.717) is 0 Å². The van der Waals surface area contributed by atoms with Crippen molar-refractivity contribution < 1.29 is 4.42 Å². The summed E-state index contributed by atoms with van der Waals surface area (Å²) in [4.78, 5) is 9.98. The largest absolute Gasteiger partial charge is 0.456 e. The molecule has 49 heavy (non-hydrogen) atoms. The molecule has 3 heteroatoms. The van der Waals surface area contributed by atoms with E-state index in [9.17, 15) is 0 Å². The van der Waals surface area contributed by atoms with Crippen molar-refractivity contribution in [3.05, 3.63) is 192 Å². The third kappa shape index (κ3) is 5.32. The lowest BCUT2D eigenvalue weighted by atomic mass is 9.78. The lowest BCUT2D eigenvalue weighted by Gasteiger charge is -2.31. The quantitative estimate of drug-likeness (QED) is 0.167. The molecule has 2 aromatic heterocycles. The Morgan fingerprint density at radius 2 is 1.82 bits per heavy atom. The van der Waals surface area contributed by atoms with Gasteiger partial charge in [0.1, 0.15) is 11.2 Å². The fourth-order valence-corrected chi connectivity index (χ4v) is 7.56. The molecule has 0 N–H and O–H groups in total. The van der Waals surface area contributed by atoms with E-state index in [2.05, 4.69) is 147 Å². The highest BCUT2D eigenvalue weighted by molar-refractivity contribution is 6.19. The third-order valence-corrected chi connectivity index (χ3v) is 10.1. The summed E-state index contributed by atoms with van der Waals surface area (Å²) < 4.78 is 6.54. The van der Waals surface area contributed by atoms with Crippen LogP contribution in [0.4, 0.5) is 0 Å². The average Bonchev–Trinajstić information content (AvgIpc) is 3.53. The summed E-state index contributed by atoms with van der Waals surface area (Å²) in [6, 6.07) is 21.2. The molecule has 238 valence electrons. The molecule has 3 aromatic carbocycles. The van der Waals surface area contributed by atoms with Gasteiger partial charge in [0.15, 0.2) is 0 Å². The van der Waals surface area contributed by atoms with Crippen LogP contribution in [0.3, 0.4) is 0 Å². The second kappa shape index (κ2) is 12.7. The fourth-order valence-electron chi connectivity index (χ4n) is 7.56. The summed E-state index contributed by atoms with van der Waals surface area (Å²) in [5.74, 6) is 0.345. The van der Waals surface area contributed by atoms with Crippen molar-refractivity contribution in [2.75, 3.05) is 0 Å². The van der Waals surface area contributed by atoms with Crippen LogP contribution in [0.1, 0.15) is 41.5 Å². The summed E-state index contributed by atoms with van der Waals surface area (Å²) in [6.45, 7) is 12.7. The van der Waals surface area contributed by atoms with E-state index in [1.54, 1.807) is 0 Å². The van der Waals surface area contributed by atoms with Crippen LogP contribution < -0.4 is 0 Å². The van der Waals surface area contributed by atoms with Gasteiger partial charge in [-0.2, -0.15) is 0 Å². The van der Waals surface area contributed by atoms with Crippen LogP contribution in [0.25, 0.3) is 38.4 Å². The van der Waals surface area contributed by atoms with E-state index in [-0.39, 0.29) is 17.9 Å². The van der Waals surface area contributed by atoms with E-state index in [1.807, 2.05) is 24.4 Å². The number of pyridine rings is 1. The topological polar surface area (TPSA) is 38.4 Å². The number of aromatic nitrogens is 1. The van der Waals surface area contributed by atoms with Gasteiger partial charge < -0.3 is 4.42 Å². The van der Waals surface area contributed by atoms with Crippen LogP contribution in [0.15, 0.2) is 179 Å². The van der Waals surface area contributed by atoms with Crippen molar-refractivity contribution in [1.29, 1.82) is 0 Å². The highest BCUT2D eigenvalue weighted by atomic mass is 16.3. The zero-order chi connectivity index (χ0) is 33.5. The van der Waals surface area contributed by atoms with E-state index < -0.39 is 0 Å². The van der Waals surface area contributed by atoms with Gasteiger partial charge in [-0.15, -0.1) is 0 Å². The van der Waals surface area contributed by atoms with Crippen molar-refractivity contribution in [2.24, 2.45) is 10.9 Å². The number of furan rings is 1. The number of benzene rings is 3. The Morgan fingerprint density at radius 3 is 2.65 bits per heavy atom. The number of rotatable bonds is 7. The number of aliphatic imine (C=N–C) groups is 1. The van der Waals surface area contributed by atoms with Gasteiger partial charge in [-0.3, -0.25) is 9.98 Å². The van der Waals surface area contributed by atoms with Gasteiger partial charge in [-0.05, 0) is 71.9 Å². The first-order valence-electron chi connectivity index (χ1n) is 17.0. The maximum Gasteiger partial charge on any atom is 0.139 e. The second-order valence-corrected chi connectivity index (χ2v) is 12.9. The standard InChI is InChI=1S/C46H38N2O/c1-5-12-36(35-25-24-33-13-11-28-47-44(33)30(35)4)31(6-2)19-18-29(3)32-20-22-34(23-21-32)45-40-27-26-38-37-14-8-10-17-42(37)49-46(38)43(40)39-15-7-9-16-41(39)48-45/h5-20,22-28,32,39,41H,1,3,21H2,2,4H3/b19-18-,31-6+,36-12-. The minimum atomic E-state index is 0.0373. The Labute approximate surface area is 287 Å². The summed E-state index contributed by atoms with van der Waals surface area (Å²) >= 11 is 0. The molecule has 0 amide bonds. The van der Waals surface area contributed by atoms with Gasteiger partial charge in [0.25, 0.3) is 0 Å². The molecule has 5 aromatic rings. The van der Waals surface area contributed by atoms with Crippen LogP contribution in [0, 0.1) is 12.8 Å². The summed E-state index contributed by atoms with van der Waals surface area (Å²) in [6.07, 6.45) is 28.7. The van der Waals surface area contributed by atoms with E-state index in [1.165, 1.54) is 5.56 Å². The maximum atomic E-state index is 6.54. The predicted octanol–water partition coefficient (Wildman–Crippen LogP) is 11.7. The molecule has 0 spiro atoms. The lowest BCUT2D eigenvalue weighted by molar-refractivity contribution is 0.640. The van der Waals surface area contributed by atoms with Crippen molar-refractivity contribution >= 4 is 44.1 Å². The number of fused-ring (bicyclic) bond motifs is 8. The molecule has 3 heterocycles. The number of aryl methyl sites for hydroxylation is 1. The number of nitrogens with zero attached hydrogens (tertiary/aromatic N) is 2. The molecular weight excluding hydrogens is 597 g/mol. The zero-order valence-electron chi connectivity index (χ0n) is 27.9. The number of allylic oxidation sites excluding steroid dienone is 14. The molecular formula is C46H38N2O.